The van der Waals surface area contributed by atoms with Crippen LogP contribution in [0.25, 0.3) is 22.3 Å². The van der Waals surface area contributed by atoms with Crippen LogP contribution < -0.4 is 4.74 Å². The van der Waals surface area contributed by atoms with Gasteiger partial charge in [0.2, 0.25) is 0 Å². The van der Waals surface area contributed by atoms with Crippen LogP contribution >= 0.6 is 11.8 Å². The van der Waals surface area contributed by atoms with E-state index in [-0.39, 0.29) is 0 Å². The Labute approximate surface area is 143 Å². The third kappa shape index (κ3) is 3.00. The van der Waals surface area contributed by atoms with Gasteiger partial charge in [-0.15, -0.1) is 0 Å². The smallest absolute Gasteiger partial charge is 0.166 e. The predicted octanol–water partition coefficient (Wildman–Crippen LogP) is 4.52. The molecule has 0 bridgehead atoms. The molecule has 1 N–H and O–H groups in total. The first-order valence-corrected chi connectivity index (χ1v) is 8.48. The van der Waals surface area contributed by atoms with Crippen molar-refractivity contribution in [2.45, 2.75) is 10.9 Å². The number of hydrogen-bond acceptors (Lipinski definition) is 5. The van der Waals surface area contributed by atoms with Gasteiger partial charge in [0.25, 0.3) is 0 Å². The summed E-state index contributed by atoms with van der Waals surface area (Å²) in [5.41, 5.74) is 3.77. The number of nitrogens with zero attached hydrogens (tertiary/aromatic N) is 2. The fourth-order valence-corrected chi connectivity index (χ4v) is 3.19. The zero-order chi connectivity index (χ0) is 16.4. The maximum atomic E-state index is 5.42. The Morgan fingerprint density at radius 1 is 1.12 bits per heavy atom. The monoisotopic (exact) mass is 337 g/mol. The Hall–Kier alpha value is -2.73. The number of rotatable bonds is 5. The number of methoxy groups -OCH3 is 1. The molecule has 0 atom stereocenters. The summed E-state index contributed by atoms with van der Waals surface area (Å²) in [4.78, 5) is 7.85. The van der Waals surface area contributed by atoms with Crippen LogP contribution in [-0.4, -0.2) is 22.2 Å². The number of benzene rings is 2. The van der Waals surface area contributed by atoms with Crippen molar-refractivity contribution in [3.05, 3.63) is 60.4 Å². The molecule has 4 aromatic rings. The zero-order valence-corrected chi connectivity index (χ0v) is 13.8. The summed E-state index contributed by atoms with van der Waals surface area (Å²) in [6, 6.07) is 17.7. The fraction of sp³-hybridized carbons (Fsp3) is 0.111. The highest BCUT2D eigenvalue weighted by molar-refractivity contribution is 7.98. The minimum absolute atomic E-state index is 0.663. The number of aromatic amines is 1. The third-order valence-corrected chi connectivity index (χ3v) is 4.54. The van der Waals surface area contributed by atoms with Crippen molar-refractivity contribution in [1.29, 1.82) is 0 Å². The van der Waals surface area contributed by atoms with E-state index in [1.165, 1.54) is 0 Å². The molecule has 0 aliphatic rings. The minimum atomic E-state index is 0.663. The Balaban J connectivity index is 1.48. The second kappa shape index (κ2) is 6.41. The van der Waals surface area contributed by atoms with Gasteiger partial charge in [-0.05, 0) is 12.1 Å². The van der Waals surface area contributed by atoms with Crippen molar-refractivity contribution in [3.8, 4) is 17.0 Å². The van der Waals surface area contributed by atoms with Crippen molar-refractivity contribution in [3.63, 3.8) is 0 Å². The van der Waals surface area contributed by atoms with Gasteiger partial charge in [0.1, 0.15) is 17.2 Å². The minimum Gasteiger partial charge on any atom is -0.497 e. The quantitative estimate of drug-likeness (QED) is 0.543. The van der Waals surface area contributed by atoms with Crippen LogP contribution in [0.5, 0.6) is 5.75 Å². The molecule has 0 aliphatic carbocycles. The first-order chi connectivity index (χ1) is 11.8. The van der Waals surface area contributed by atoms with Crippen molar-refractivity contribution in [2.24, 2.45) is 0 Å². The van der Waals surface area contributed by atoms with Crippen molar-refractivity contribution in [1.82, 2.24) is 15.1 Å². The number of H-pyrrole nitrogens is 1. The molecular weight excluding hydrogens is 322 g/mol. The summed E-state index contributed by atoms with van der Waals surface area (Å²) >= 11 is 1.58. The molecule has 24 heavy (non-hydrogen) atoms. The molecule has 0 fully saturated rings. The largest absolute Gasteiger partial charge is 0.497 e. The maximum absolute atomic E-state index is 5.42. The maximum Gasteiger partial charge on any atom is 0.166 e. The molecular formula is C18H15N3O2S. The summed E-state index contributed by atoms with van der Waals surface area (Å²) in [6.45, 7) is 0. The van der Waals surface area contributed by atoms with Gasteiger partial charge in [-0.2, -0.15) is 0 Å². The van der Waals surface area contributed by atoms with Crippen molar-refractivity contribution < 1.29 is 9.26 Å². The van der Waals surface area contributed by atoms with Gasteiger partial charge in [0.15, 0.2) is 5.16 Å². The molecule has 5 nitrogen and oxygen atoms in total. The lowest BCUT2D eigenvalue weighted by Gasteiger charge is -1.96. The SMILES string of the molecule is COc1ccc2nc(SCc3cc(-c4ccccc4)no3)[nH]c2c1. The number of imidazole rings is 1. The van der Waals surface area contributed by atoms with Crippen LogP contribution in [0.2, 0.25) is 0 Å². The second-order valence-corrected chi connectivity index (χ2v) is 6.22. The summed E-state index contributed by atoms with van der Waals surface area (Å²) in [7, 11) is 1.65. The van der Waals surface area contributed by atoms with Crippen LogP contribution in [0.15, 0.2) is 64.3 Å². The van der Waals surface area contributed by atoms with Crippen LogP contribution in [-0.2, 0) is 5.75 Å². The molecule has 0 saturated heterocycles. The van der Waals surface area contributed by atoms with Gasteiger partial charge in [-0.25, -0.2) is 4.98 Å². The van der Waals surface area contributed by atoms with E-state index in [0.29, 0.717) is 5.75 Å². The fourth-order valence-electron chi connectivity index (χ4n) is 2.43. The lowest BCUT2D eigenvalue weighted by molar-refractivity contribution is 0.397. The zero-order valence-electron chi connectivity index (χ0n) is 13.0. The average molecular weight is 337 g/mol. The molecule has 0 saturated carbocycles. The summed E-state index contributed by atoms with van der Waals surface area (Å²) in [5.74, 6) is 2.29. The van der Waals surface area contributed by atoms with Crippen LogP contribution in [0.1, 0.15) is 5.76 Å². The van der Waals surface area contributed by atoms with Crippen LogP contribution in [0, 0.1) is 0 Å². The van der Waals surface area contributed by atoms with E-state index in [2.05, 4.69) is 15.1 Å². The molecule has 2 aromatic carbocycles. The van der Waals surface area contributed by atoms with E-state index >= 15 is 0 Å². The molecule has 0 spiro atoms. The molecule has 6 heteroatoms. The first kappa shape index (κ1) is 14.8. The normalized spacial score (nSPS) is 11.0. The number of fused-ring (bicyclic) bond motifs is 1. The average Bonchev–Trinajstić information content (AvgIpc) is 3.26. The lowest BCUT2D eigenvalue weighted by Crippen LogP contribution is -1.81. The number of thioether (sulfide) groups is 1. The summed E-state index contributed by atoms with van der Waals surface area (Å²) < 4.78 is 10.6. The van der Waals surface area contributed by atoms with E-state index in [1.807, 2.05) is 54.6 Å². The Kier molecular flexibility index (Phi) is 3.96. The van der Waals surface area contributed by atoms with Gasteiger partial charge in [0, 0.05) is 17.7 Å². The van der Waals surface area contributed by atoms with E-state index in [1.54, 1.807) is 18.9 Å². The van der Waals surface area contributed by atoms with Gasteiger partial charge in [-0.3, -0.25) is 0 Å². The van der Waals surface area contributed by atoms with Crippen LogP contribution in [0.3, 0.4) is 0 Å². The van der Waals surface area contributed by atoms with E-state index in [9.17, 15) is 0 Å². The molecule has 0 aliphatic heterocycles. The Morgan fingerprint density at radius 3 is 2.83 bits per heavy atom. The topological polar surface area (TPSA) is 63.9 Å². The van der Waals surface area contributed by atoms with E-state index in [4.69, 9.17) is 9.26 Å². The highest BCUT2D eigenvalue weighted by Gasteiger charge is 2.09. The number of aromatic nitrogens is 3. The Bertz CT molecular complexity index is 963. The highest BCUT2D eigenvalue weighted by atomic mass is 32.2. The predicted molar refractivity (Wildman–Crippen MR) is 94.1 cm³/mol. The summed E-state index contributed by atoms with van der Waals surface area (Å²) in [5, 5.41) is 4.97. The number of hydrogen-bond donors (Lipinski definition) is 1. The van der Waals surface area contributed by atoms with Gasteiger partial charge >= 0.3 is 0 Å². The van der Waals surface area contributed by atoms with E-state index in [0.717, 1.165) is 39.0 Å². The van der Waals surface area contributed by atoms with Gasteiger partial charge < -0.3 is 14.2 Å². The molecule has 2 aromatic heterocycles. The first-order valence-electron chi connectivity index (χ1n) is 7.49. The number of nitrogens with one attached hydrogen (secondary N) is 1. The standard InChI is InChI=1S/C18H15N3O2S/c1-22-13-7-8-15-17(9-13)20-18(19-15)24-11-14-10-16(21-23-14)12-5-3-2-4-6-12/h2-10H,11H2,1H3,(H,19,20). The molecule has 120 valence electrons. The Morgan fingerprint density at radius 2 is 2.00 bits per heavy atom. The van der Waals surface area contributed by atoms with Gasteiger partial charge in [-0.1, -0.05) is 47.3 Å². The molecule has 0 radical (unpaired) electrons. The van der Waals surface area contributed by atoms with Gasteiger partial charge in [0.05, 0.1) is 23.9 Å². The van der Waals surface area contributed by atoms with Crippen molar-refractivity contribution >= 4 is 22.8 Å². The molecule has 2 heterocycles. The molecule has 4 rings (SSSR count). The highest BCUT2D eigenvalue weighted by Crippen LogP contribution is 2.27. The van der Waals surface area contributed by atoms with Crippen molar-refractivity contribution in [2.75, 3.05) is 7.11 Å². The third-order valence-electron chi connectivity index (χ3n) is 3.65. The lowest BCUT2D eigenvalue weighted by atomic mass is 10.1. The number of ether oxygens (including phenoxy) is 1. The molecule has 0 amide bonds. The van der Waals surface area contributed by atoms with Crippen LogP contribution in [0.4, 0.5) is 0 Å². The molecule has 0 unspecified atom stereocenters. The second-order valence-electron chi connectivity index (χ2n) is 5.26. The van der Waals surface area contributed by atoms with E-state index < -0.39 is 0 Å². The summed E-state index contributed by atoms with van der Waals surface area (Å²) in [6.07, 6.45) is 0.